The van der Waals surface area contributed by atoms with E-state index in [1.54, 1.807) is 0 Å². The van der Waals surface area contributed by atoms with Gasteiger partial charge in [0.25, 0.3) is 11.8 Å². The maximum Gasteiger partial charge on any atom is 0.362 e. The minimum absolute atomic E-state index is 0.0436. The molecule has 1 aromatic heterocycles. The van der Waals surface area contributed by atoms with Crippen molar-refractivity contribution in [1.29, 1.82) is 0 Å². The topological polar surface area (TPSA) is 216 Å². The molecule has 1 fully saturated rings. The van der Waals surface area contributed by atoms with Crippen molar-refractivity contribution < 1.29 is 32.2 Å². The van der Waals surface area contributed by atoms with Crippen LogP contribution in [-0.2, 0) is 29.5 Å². The number of carbonyl (C=O) groups excluding carboxylic acids is 3. The van der Waals surface area contributed by atoms with Crippen LogP contribution in [-0.4, -0.2) is 70.9 Å². The third-order valence-corrected chi connectivity index (χ3v) is 5.13. The van der Waals surface area contributed by atoms with E-state index in [0.29, 0.717) is 0 Å². The number of nitrogens with zero attached hydrogens (tertiary/aromatic N) is 6. The number of amides is 3. The fraction of sp³-hybridized carbons (Fsp3) is 0.364. The fourth-order valence-corrected chi connectivity index (χ4v) is 3.66. The Morgan fingerprint density at radius 3 is 2.79 bits per heavy atom. The summed E-state index contributed by atoms with van der Waals surface area (Å²) in [4.78, 5) is 46.6. The molecule has 156 valence electrons. The van der Waals surface area contributed by atoms with Gasteiger partial charge in [-0.05, 0) is 5.53 Å². The van der Waals surface area contributed by atoms with Crippen LogP contribution in [0.2, 0.25) is 0 Å². The first-order chi connectivity index (χ1) is 13.6. The van der Waals surface area contributed by atoms with Gasteiger partial charge in [0.15, 0.2) is 17.0 Å². The molecule has 15 nitrogen and oxygen atoms in total. The molecule has 2 atom stereocenters. The lowest BCUT2D eigenvalue weighted by Crippen LogP contribution is -2.71. The van der Waals surface area contributed by atoms with E-state index in [1.807, 2.05) is 0 Å². The first-order valence-corrected chi connectivity index (χ1v) is 10.0. The summed E-state index contributed by atoms with van der Waals surface area (Å²) in [5.41, 5.74) is 8.06. The van der Waals surface area contributed by atoms with Crippen LogP contribution in [0.15, 0.2) is 15.7 Å². The van der Waals surface area contributed by atoms with E-state index < -0.39 is 45.9 Å². The standard InChI is InChI=1S/C11H11ClN8O7S2/c1-27-18-6(4-3-28-11(14-4)15-5(21)2-12)9(22)16-7-8(17-19-13)20(10(7)23)29(24,25)26/h3,7-8H,2H2,1H3,(H,16,22)(H,14,15,21)(H,24,25,26)/t7-,8-/m0/s1. The Kier molecular flexibility index (Phi) is 6.93. The van der Waals surface area contributed by atoms with Gasteiger partial charge in [0.05, 0.1) is 0 Å². The van der Waals surface area contributed by atoms with E-state index in [2.05, 4.69) is 35.6 Å². The molecule has 1 aliphatic heterocycles. The quantitative estimate of drug-likeness (QED) is 0.0657. The molecule has 0 aliphatic carbocycles. The normalized spacial score (nSPS) is 19.1. The second-order valence-corrected chi connectivity index (χ2v) is 7.44. The van der Waals surface area contributed by atoms with Crippen molar-refractivity contribution in [3.05, 3.63) is 21.5 Å². The Hall–Kier alpha value is -2.98. The summed E-state index contributed by atoms with van der Waals surface area (Å²) in [5.74, 6) is -3.12. The molecular weight excluding hydrogens is 456 g/mol. The maximum absolute atomic E-state index is 12.5. The number of halogens is 1. The highest BCUT2D eigenvalue weighted by Gasteiger charge is 2.54. The van der Waals surface area contributed by atoms with Crippen molar-refractivity contribution in [2.24, 2.45) is 10.3 Å². The summed E-state index contributed by atoms with van der Waals surface area (Å²) in [5, 5.41) is 12.5. The summed E-state index contributed by atoms with van der Waals surface area (Å²) in [6, 6.07) is -1.59. The predicted molar refractivity (Wildman–Crippen MR) is 98.3 cm³/mol. The van der Waals surface area contributed by atoms with Crippen LogP contribution in [0.3, 0.4) is 0 Å². The van der Waals surface area contributed by atoms with Crippen LogP contribution < -0.4 is 10.6 Å². The van der Waals surface area contributed by atoms with E-state index in [4.69, 9.17) is 21.7 Å². The number of nitrogens with one attached hydrogen (secondary N) is 2. The lowest BCUT2D eigenvalue weighted by atomic mass is 10.1. The van der Waals surface area contributed by atoms with Crippen molar-refractivity contribution in [2.75, 3.05) is 18.3 Å². The highest BCUT2D eigenvalue weighted by atomic mass is 35.5. The van der Waals surface area contributed by atoms with Gasteiger partial charge in [0.2, 0.25) is 5.91 Å². The van der Waals surface area contributed by atoms with E-state index in [1.165, 1.54) is 5.38 Å². The first-order valence-electron chi connectivity index (χ1n) is 7.22. The van der Waals surface area contributed by atoms with E-state index in [0.717, 1.165) is 18.4 Å². The van der Waals surface area contributed by atoms with Gasteiger partial charge in [0, 0.05) is 10.3 Å². The zero-order chi connectivity index (χ0) is 21.8. The number of β-lactam (4-membered cyclic amide) rings is 1. The molecule has 0 unspecified atom stereocenters. The molecule has 29 heavy (non-hydrogen) atoms. The van der Waals surface area contributed by atoms with Crippen molar-refractivity contribution in [2.45, 2.75) is 12.2 Å². The van der Waals surface area contributed by atoms with Crippen molar-refractivity contribution >= 4 is 61.8 Å². The van der Waals surface area contributed by atoms with E-state index in [-0.39, 0.29) is 21.0 Å². The fourth-order valence-electron chi connectivity index (χ4n) is 2.10. The van der Waals surface area contributed by atoms with Gasteiger partial charge >= 0.3 is 10.3 Å². The number of aromatic nitrogens is 1. The van der Waals surface area contributed by atoms with Crippen LogP contribution >= 0.6 is 22.9 Å². The van der Waals surface area contributed by atoms with Crippen LogP contribution in [0.4, 0.5) is 5.13 Å². The van der Waals surface area contributed by atoms with Gasteiger partial charge in [-0.25, -0.2) is 9.29 Å². The molecule has 3 N–H and O–H groups in total. The number of carbonyl (C=O) groups is 3. The highest BCUT2D eigenvalue weighted by Crippen LogP contribution is 2.25. The Balaban J connectivity index is 2.22. The molecule has 3 amide bonds. The Morgan fingerprint density at radius 1 is 1.55 bits per heavy atom. The molecule has 0 radical (unpaired) electrons. The van der Waals surface area contributed by atoms with Crippen molar-refractivity contribution in [1.82, 2.24) is 14.6 Å². The van der Waals surface area contributed by atoms with Gasteiger partial charge in [-0.3, -0.25) is 18.9 Å². The molecule has 0 aromatic carbocycles. The van der Waals surface area contributed by atoms with Crippen LogP contribution in [0, 0.1) is 0 Å². The SMILES string of the molecule is CON=C(C(=O)N[C@@H]1C(=O)N(S(=O)(=O)O)[C@@H]1N=[N+]=[N-])c1csc(NC(=O)CCl)n1. The summed E-state index contributed by atoms with van der Waals surface area (Å²) < 4.78 is 31.3. The highest BCUT2D eigenvalue weighted by molar-refractivity contribution is 7.84. The minimum atomic E-state index is -5.00. The van der Waals surface area contributed by atoms with Crippen LogP contribution in [0.5, 0.6) is 0 Å². The van der Waals surface area contributed by atoms with Crippen LogP contribution in [0.1, 0.15) is 5.69 Å². The first kappa shape index (κ1) is 22.3. The smallest absolute Gasteiger partial charge is 0.362 e. The van der Waals surface area contributed by atoms with Gasteiger partial charge in [0.1, 0.15) is 24.7 Å². The number of rotatable bonds is 8. The molecule has 2 rings (SSSR count). The molecule has 18 heteroatoms. The molecule has 1 aromatic rings. The number of hydrogen-bond acceptors (Lipinski definition) is 10. The molecule has 2 heterocycles. The van der Waals surface area contributed by atoms with Gasteiger partial charge in [-0.15, -0.1) is 22.9 Å². The average Bonchev–Trinajstić information content (AvgIpc) is 3.10. The number of thiazole rings is 1. The Labute approximate surface area is 171 Å². The molecular formula is C11H11ClN8O7S2. The third kappa shape index (κ3) is 4.90. The monoisotopic (exact) mass is 466 g/mol. The Morgan fingerprint density at radius 2 is 2.24 bits per heavy atom. The molecule has 0 bridgehead atoms. The van der Waals surface area contributed by atoms with Crippen LogP contribution in [0.25, 0.3) is 10.4 Å². The lowest BCUT2D eigenvalue weighted by Gasteiger charge is -2.41. The van der Waals surface area contributed by atoms with E-state index >= 15 is 0 Å². The number of alkyl halides is 1. The van der Waals surface area contributed by atoms with Crippen molar-refractivity contribution in [3.63, 3.8) is 0 Å². The summed E-state index contributed by atoms with van der Waals surface area (Å²) >= 11 is 6.32. The third-order valence-electron chi connectivity index (χ3n) is 3.24. The summed E-state index contributed by atoms with van der Waals surface area (Å²) in [6.45, 7) is 0. The van der Waals surface area contributed by atoms with Gasteiger partial charge < -0.3 is 15.5 Å². The van der Waals surface area contributed by atoms with Crippen molar-refractivity contribution in [3.8, 4) is 0 Å². The number of anilines is 1. The second-order valence-electron chi connectivity index (χ2n) is 5.02. The second kappa shape index (κ2) is 9.01. The zero-order valence-electron chi connectivity index (χ0n) is 14.2. The molecule has 0 saturated carbocycles. The lowest BCUT2D eigenvalue weighted by molar-refractivity contribution is -0.144. The van der Waals surface area contributed by atoms with E-state index in [9.17, 15) is 22.8 Å². The molecule has 1 aliphatic rings. The molecule has 1 saturated heterocycles. The minimum Gasteiger partial charge on any atom is -0.398 e. The maximum atomic E-state index is 12.5. The average molecular weight is 467 g/mol. The van der Waals surface area contributed by atoms with Gasteiger partial charge in [-0.2, -0.15) is 8.42 Å². The summed E-state index contributed by atoms with van der Waals surface area (Å²) in [6.07, 6.45) is -1.72. The number of azide groups is 1. The summed E-state index contributed by atoms with van der Waals surface area (Å²) in [7, 11) is -3.87. The Bertz CT molecular complexity index is 1020. The molecule has 0 spiro atoms. The predicted octanol–water partition coefficient (Wildman–Crippen LogP) is -0.563. The zero-order valence-corrected chi connectivity index (χ0v) is 16.6. The largest absolute Gasteiger partial charge is 0.398 e. The van der Waals surface area contributed by atoms with Gasteiger partial charge in [-0.1, -0.05) is 10.3 Å². The number of oxime groups is 1. The number of hydrogen-bond donors (Lipinski definition) is 3.